The maximum Gasteiger partial charge on any atom is 0.119 e. The Kier molecular flexibility index (Phi) is 31.2. The molecule has 510 valence electrons. The zero-order valence-corrected chi connectivity index (χ0v) is 61.8. The van der Waals surface area contributed by atoms with Crippen LogP contribution in [0.2, 0.25) is 0 Å². The van der Waals surface area contributed by atoms with Crippen LogP contribution in [0.5, 0.6) is 23.0 Å². The molecule has 0 saturated heterocycles. The van der Waals surface area contributed by atoms with E-state index < -0.39 is 5.41 Å². The summed E-state index contributed by atoms with van der Waals surface area (Å²) in [7, 11) is 0. The van der Waals surface area contributed by atoms with Gasteiger partial charge in [0, 0.05) is 25.0 Å². The van der Waals surface area contributed by atoms with Gasteiger partial charge in [0.2, 0.25) is 0 Å². The van der Waals surface area contributed by atoms with Crippen molar-refractivity contribution in [3.05, 3.63) is 186 Å². The highest BCUT2D eigenvalue weighted by atomic mass is 16.3. The monoisotopic (exact) mass is 1260 g/mol. The van der Waals surface area contributed by atoms with Crippen LogP contribution in [0.3, 0.4) is 0 Å². The highest BCUT2D eigenvalue weighted by Gasteiger charge is 2.48. The largest absolute Gasteiger partial charge is 0.508 e. The van der Waals surface area contributed by atoms with Gasteiger partial charge in [0.25, 0.3) is 0 Å². The maximum absolute atomic E-state index is 11.7. The lowest BCUT2D eigenvalue weighted by Crippen LogP contribution is -2.40. The molecule has 92 heavy (non-hydrogen) atoms. The molecular weight excluding hydrogens is 1130 g/mol. The Morgan fingerprint density at radius 3 is 1.04 bits per heavy atom. The van der Waals surface area contributed by atoms with Gasteiger partial charge in [0.05, 0.1) is 5.41 Å². The van der Waals surface area contributed by atoms with Crippen molar-refractivity contribution in [1.82, 2.24) is 0 Å². The Morgan fingerprint density at radius 1 is 0.326 bits per heavy atom. The van der Waals surface area contributed by atoms with Crippen LogP contribution in [0.25, 0.3) is 0 Å². The van der Waals surface area contributed by atoms with Crippen LogP contribution >= 0.6 is 0 Å². The molecule has 0 fully saturated rings. The average Bonchev–Trinajstić information content (AvgIpc) is 0.709. The van der Waals surface area contributed by atoms with E-state index in [4.69, 9.17) is 10.2 Å². The summed E-state index contributed by atoms with van der Waals surface area (Å²) in [6.45, 7) is 44.5. The van der Waals surface area contributed by atoms with E-state index in [0.717, 1.165) is 109 Å². The first-order chi connectivity index (χ1) is 43.3. The molecule has 0 bridgehead atoms. The third-order valence-electron chi connectivity index (χ3n) is 19.3. The van der Waals surface area contributed by atoms with Crippen LogP contribution < -0.4 is 0 Å². The zero-order chi connectivity index (χ0) is 68.8. The van der Waals surface area contributed by atoms with E-state index in [-0.39, 0.29) is 46.7 Å². The minimum absolute atomic E-state index is 0.0802. The summed E-state index contributed by atoms with van der Waals surface area (Å²) in [6, 6.07) is 35.7. The summed E-state index contributed by atoms with van der Waals surface area (Å²) in [5, 5.41) is 61.0. The lowest BCUT2D eigenvalue weighted by atomic mass is 9.55. The van der Waals surface area contributed by atoms with Crippen LogP contribution in [-0.4, -0.2) is 43.9 Å². The van der Waals surface area contributed by atoms with Gasteiger partial charge in [-0.1, -0.05) is 267 Å². The number of phenolic OH excluding ortho intramolecular Hbond substituents is 4. The van der Waals surface area contributed by atoms with E-state index in [2.05, 4.69) is 211 Å². The third-order valence-corrected chi connectivity index (χ3v) is 19.3. The summed E-state index contributed by atoms with van der Waals surface area (Å²) in [6.07, 6.45) is 24.1. The van der Waals surface area contributed by atoms with Crippen LogP contribution in [0.4, 0.5) is 0 Å². The van der Waals surface area contributed by atoms with Gasteiger partial charge in [0.15, 0.2) is 0 Å². The number of aromatic hydroxyl groups is 4. The quantitative estimate of drug-likeness (QED) is 0.0206. The van der Waals surface area contributed by atoms with Crippen molar-refractivity contribution in [3.63, 3.8) is 0 Å². The molecule has 6 aromatic rings. The fourth-order valence-corrected chi connectivity index (χ4v) is 14.3. The molecule has 0 aliphatic carbocycles. The van der Waals surface area contributed by atoms with Gasteiger partial charge < -0.3 is 30.6 Å². The van der Waals surface area contributed by atoms with Crippen molar-refractivity contribution in [2.45, 2.75) is 312 Å². The smallest absolute Gasteiger partial charge is 0.119 e. The number of unbranched alkanes of at least 4 members (excludes halogenated alkanes) is 13. The van der Waals surface area contributed by atoms with Crippen molar-refractivity contribution in [2.75, 3.05) is 13.2 Å². The van der Waals surface area contributed by atoms with Gasteiger partial charge >= 0.3 is 0 Å². The van der Waals surface area contributed by atoms with Gasteiger partial charge in [-0.05, 0) is 214 Å². The molecule has 6 heteroatoms. The molecule has 0 radical (unpaired) electrons. The molecule has 0 saturated carbocycles. The zero-order valence-electron chi connectivity index (χ0n) is 61.8. The van der Waals surface area contributed by atoms with Gasteiger partial charge in [-0.3, -0.25) is 0 Å². The van der Waals surface area contributed by atoms with E-state index in [1.54, 1.807) is 0 Å². The topological polar surface area (TPSA) is 121 Å². The average molecular weight is 1260 g/mol. The second-order valence-corrected chi connectivity index (χ2v) is 31.2. The minimum Gasteiger partial charge on any atom is -0.508 e. The highest BCUT2D eigenvalue weighted by molar-refractivity contribution is 5.65. The number of hydrogen-bond acceptors (Lipinski definition) is 6. The van der Waals surface area contributed by atoms with Crippen molar-refractivity contribution in [3.8, 4) is 23.0 Å². The van der Waals surface area contributed by atoms with Crippen molar-refractivity contribution >= 4 is 0 Å². The molecule has 0 aliphatic rings. The Morgan fingerprint density at radius 2 is 0.663 bits per heavy atom. The Hall–Kier alpha value is -5.56. The Balaban J connectivity index is 0.000000413. The highest BCUT2D eigenvalue weighted by Crippen LogP contribution is 2.57. The van der Waals surface area contributed by atoms with Gasteiger partial charge in [-0.15, -0.1) is 0 Å². The fourth-order valence-electron chi connectivity index (χ4n) is 14.3. The normalized spacial score (nSPS) is 12.6. The first-order valence-corrected chi connectivity index (χ1v) is 36.1. The number of rotatable bonds is 29. The summed E-state index contributed by atoms with van der Waals surface area (Å²) in [5.41, 5.74) is 17.6. The second kappa shape index (κ2) is 36.4. The first-order valence-electron chi connectivity index (χ1n) is 36.1. The summed E-state index contributed by atoms with van der Waals surface area (Å²) >= 11 is 0. The predicted octanol–water partition coefficient (Wildman–Crippen LogP) is 23.4. The molecule has 0 aliphatic heterocycles. The van der Waals surface area contributed by atoms with Crippen molar-refractivity contribution < 1.29 is 30.6 Å². The standard InChI is InChI=1S/C54H78O2.C26H38O2.C6H14O2/c1-12-15-17-19-21-23-29-41-30-25-27-33-43(41)44(14-3)54(46-37-48(52(6,7)8)50(55)35-39(46)4,47-38-49(53(9,10)11)51(56)36-40(47)5)45-34-28-26-32-42(45)31-24-22-20-18-16-13-2;1-10-11-18(19-14-21(25(4,5)6)23(27)12-16(19)2)20-15-22(26(7,8)9)24(28)13-17(20)3;7-5-3-1-2-4-6-8/h25-28,30,32-38,44,55-56H,12-24,29,31H2,1-11H3;12-15,18,27-28H,10-11H2,1-9H3;7-8H,1-6H2. The van der Waals surface area contributed by atoms with E-state index in [9.17, 15) is 20.4 Å². The fraction of sp³-hybridized carbons (Fsp3) is 0.581. The van der Waals surface area contributed by atoms with Gasteiger partial charge in [-0.25, -0.2) is 0 Å². The molecule has 6 N–H and O–H groups in total. The maximum atomic E-state index is 11.7. The molecule has 0 amide bonds. The molecular formula is C86H130O6. The molecule has 1 atom stereocenters. The predicted molar refractivity (Wildman–Crippen MR) is 396 cm³/mol. The minimum atomic E-state index is -0.625. The molecule has 0 aromatic heterocycles. The number of aryl methyl sites for hydroxylation is 6. The Bertz CT molecular complexity index is 3040. The second-order valence-electron chi connectivity index (χ2n) is 31.2. The molecule has 6 rings (SSSR count). The lowest BCUT2D eigenvalue weighted by molar-refractivity contribution is 0.265. The molecule has 1 unspecified atom stereocenters. The number of hydrogen-bond donors (Lipinski definition) is 6. The number of phenols is 4. The summed E-state index contributed by atoms with van der Waals surface area (Å²) in [4.78, 5) is 0. The number of aliphatic hydroxyl groups excluding tert-OH is 2. The van der Waals surface area contributed by atoms with E-state index in [1.165, 1.54) is 115 Å². The third kappa shape index (κ3) is 21.2. The van der Waals surface area contributed by atoms with E-state index >= 15 is 0 Å². The van der Waals surface area contributed by atoms with Gasteiger partial charge in [0.1, 0.15) is 23.0 Å². The molecule has 0 heterocycles. The van der Waals surface area contributed by atoms with Crippen LogP contribution in [0, 0.1) is 27.7 Å². The number of aliphatic hydroxyl groups is 2. The van der Waals surface area contributed by atoms with Crippen LogP contribution in [0.1, 0.15) is 334 Å². The number of benzene rings is 6. The van der Waals surface area contributed by atoms with E-state index in [1.807, 2.05) is 24.3 Å². The molecule has 6 nitrogen and oxygen atoms in total. The molecule has 0 spiro atoms. The van der Waals surface area contributed by atoms with Crippen molar-refractivity contribution in [1.29, 1.82) is 0 Å². The SMILES string of the molecule is CCCC(c1cc(C(C)(C)C)c(O)cc1C)c1cc(C(C)(C)C)c(O)cc1C.CCCCCCCCc1ccccc1C(CC)C(c1cc(C(C)(C)C)c(O)cc1C)(c1cc(C(C)(C)C)c(O)cc1C)c1ccccc1CCCCCCCC.OCCCCCCO. The Labute approximate surface area is 562 Å². The molecule has 6 aromatic carbocycles. The summed E-state index contributed by atoms with van der Waals surface area (Å²) in [5.74, 6) is 1.80. The van der Waals surface area contributed by atoms with E-state index in [0.29, 0.717) is 23.0 Å². The van der Waals surface area contributed by atoms with Crippen LogP contribution in [0.15, 0.2) is 97.1 Å². The first kappa shape index (κ1) is 78.9. The van der Waals surface area contributed by atoms with Gasteiger partial charge in [-0.2, -0.15) is 0 Å². The summed E-state index contributed by atoms with van der Waals surface area (Å²) < 4.78 is 0. The van der Waals surface area contributed by atoms with Crippen molar-refractivity contribution in [2.24, 2.45) is 0 Å². The van der Waals surface area contributed by atoms with Crippen LogP contribution in [-0.2, 0) is 39.9 Å². The lowest BCUT2D eigenvalue weighted by Gasteiger charge is -2.47.